The fraction of sp³-hybridized carbons (Fsp3) is 0.0462. The highest BCUT2D eigenvalue weighted by Gasteiger charge is 2.38. The lowest BCUT2D eigenvalue weighted by Gasteiger charge is -2.28. The molecule has 0 bridgehead atoms. The normalized spacial score (nSPS) is 12.7. The quantitative estimate of drug-likeness (QED) is 0.145. The molecule has 0 atom stereocenters. The van der Waals surface area contributed by atoms with Crippen molar-refractivity contribution in [1.29, 1.82) is 0 Å². The van der Waals surface area contributed by atoms with Crippen LogP contribution in [0.25, 0.3) is 93.5 Å². The van der Waals surface area contributed by atoms with E-state index in [2.05, 4.69) is 266 Å². The molecular weight excluding hydrogens is 809 g/mol. The van der Waals surface area contributed by atoms with Gasteiger partial charge in [-0.25, -0.2) is 0 Å². The van der Waals surface area contributed by atoms with Crippen LogP contribution in [-0.4, -0.2) is 4.57 Å². The molecule has 2 heteroatoms. The zero-order chi connectivity index (χ0) is 44.6. The van der Waals surface area contributed by atoms with Crippen molar-refractivity contribution in [1.82, 2.24) is 4.57 Å². The van der Waals surface area contributed by atoms with Crippen molar-refractivity contribution < 1.29 is 0 Å². The minimum absolute atomic E-state index is 0.158. The van der Waals surface area contributed by atoms with Gasteiger partial charge < -0.3 is 9.47 Å². The van der Waals surface area contributed by atoms with E-state index >= 15 is 0 Å². The van der Waals surface area contributed by atoms with E-state index in [-0.39, 0.29) is 5.41 Å². The molecule has 1 aliphatic carbocycles. The number of rotatable bonds is 7. The highest BCUT2D eigenvalue weighted by Crippen LogP contribution is 2.52. The average molecular weight is 855 g/mol. The summed E-state index contributed by atoms with van der Waals surface area (Å²) in [7, 11) is 0. The van der Waals surface area contributed by atoms with Crippen LogP contribution < -0.4 is 4.90 Å². The van der Waals surface area contributed by atoms with Gasteiger partial charge in [-0.15, -0.1) is 0 Å². The molecule has 2 nitrogen and oxygen atoms in total. The van der Waals surface area contributed by atoms with Gasteiger partial charge in [0.15, 0.2) is 0 Å². The van der Waals surface area contributed by atoms with E-state index in [0.29, 0.717) is 0 Å². The van der Waals surface area contributed by atoms with Crippen molar-refractivity contribution in [3.63, 3.8) is 0 Å². The van der Waals surface area contributed by atoms with Crippen molar-refractivity contribution in [3.05, 3.63) is 254 Å². The lowest BCUT2D eigenvalue weighted by Crippen LogP contribution is -2.17. The number of aromatic nitrogens is 1. The van der Waals surface area contributed by atoms with Crippen molar-refractivity contribution in [2.75, 3.05) is 4.90 Å². The number of hydrogen-bond acceptors (Lipinski definition) is 1. The summed E-state index contributed by atoms with van der Waals surface area (Å²) in [6, 6.07) is 89.3. The van der Waals surface area contributed by atoms with Gasteiger partial charge in [-0.05, 0) is 126 Å². The van der Waals surface area contributed by atoms with E-state index in [0.717, 1.165) is 17.1 Å². The van der Waals surface area contributed by atoms with Crippen LogP contribution in [0, 0.1) is 0 Å². The SMILES string of the molecule is CC1(C)c2ccccc2-c2cccc(-n3c4ccccc4c4c(-c5cccc(N(c6ccc(-c7ccc8c(ccc9ccccc98)c7)cc6)c6ccccc6-c6ccccc6)c5)cccc43)c21. The molecule has 0 amide bonds. The van der Waals surface area contributed by atoms with Gasteiger partial charge in [-0.1, -0.05) is 202 Å². The second-order valence-electron chi connectivity index (χ2n) is 18.5. The lowest BCUT2D eigenvalue weighted by atomic mass is 9.81. The van der Waals surface area contributed by atoms with E-state index in [4.69, 9.17) is 0 Å². The van der Waals surface area contributed by atoms with Gasteiger partial charge in [0.25, 0.3) is 0 Å². The number of nitrogens with zero attached hydrogens (tertiary/aromatic N) is 2. The maximum atomic E-state index is 2.52. The van der Waals surface area contributed by atoms with Crippen LogP contribution in [0.3, 0.4) is 0 Å². The second kappa shape index (κ2) is 15.3. The van der Waals surface area contributed by atoms with E-state index < -0.39 is 0 Å². The Balaban J connectivity index is 0.966. The maximum absolute atomic E-state index is 2.52. The van der Waals surface area contributed by atoms with Gasteiger partial charge in [-0.3, -0.25) is 0 Å². The number of anilines is 3. The number of hydrogen-bond donors (Lipinski definition) is 0. The largest absolute Gasteiger partial charge is 0.310 e. The third-order valence-electron chi connectivity index (χ3n) is 14.3. The monoisotopic (exact) mass is 854 g/mol. The van der Waals surface area contributed by atoms with Gasteiger partial charge in [0.1, 0.15) is 0 Å². The Morgan fingerprint density at radius 1 is 0.358 bits per heavy atom. The van der Waals surface area contributed by atoms with Crippen LogP contribution in [0.2, 0.25) is 0 Å². The summed E-state index contributed by atoms with van der Waals surface area (Å²) < 4.78 is 2.52. The average Bonchev–Trinajstić information content (AvgIpc) is 3.85. The van der Waals surface area contributed by atoms with Gasteiger partial charge in [0.05, 0.1) is 22.4 Å². The first-order chi connectivity index (χ1) is 33.0. The molecular formula is C65H46N2. The minimum atomic E-state index is -0.158. The Hall–Kier alpha value is -8.46. The van der Waals surface area contributed by atoms with Crippen LogP contribution in [0.15, 0.2) is 243 Å². The maximum Gasteiger partial charge on any atom is 0.0547 e. The Morgan fingerprint density at radius 3 is 1.87 bits per heavy atom. The summed E-state index contributed by atoms with van der Waals surface area (Å²) in [6.45, 7) is 4.76. The number of fused-ring (bicyclic) bond motifs is 9. The summed E-state index contributed by atoms with van der Waals surface area (Å²) in [4.78, 5) is 2.43. The molecule has 316 valence electrons. The molecule has 0 saturated carbocycles. The Morgan fingerprint density at radius 2 is 0.985 bits per heavy atom. The van der Waals surface area contributed by atoms with Crippen LogP contribution in [0.4, 0.5) is 17.1 Å². The molecule has 1 aliphatic rings. The molecule has 0 N–H and O–H groups in total. The standard InChI is InChI=1S/C65H46N2/c1-65(2)58-28-11-8-24-55(58)56-27-16-32-62(64(56)65)67-60-30-13-10-25-57(60)63-54(26-15-31-61(63)67)47-20-14-21-50(42-47)66(59-29-12-9-23-53(59)44-17-4-3-5-18-44)49-38-35-43(36-39-49)46-37-40-52-48(41-46)34-33-45-19-6-7-22-51(45)52/h3-42H,1-2H3. The smallest absolute Gasteiger partial charge is 0.0547 e. The molecule has 0 aliphatic heterocycles. The fourth-order valence-electron chi connectivity index (χ4n) is 11.3. The Bertz CT molecular complexity index is 3890. The summed E-state index contributed by atoms with van der Waals surface area (Å²) in [6.07, 6.45) is 0. The van der Waals surface area contributed by atoms with Crippen LogP contribution in [-0.2, 0) is 5.41 Å². The first-order valence-electron chi connectivity index (χ1n) is 23.3. The van der Waals surface area contributed by atoms with Crippen molar-refractivity contribution in [3.8, 4) is 50.2 Å². The molecule has 12 aromatic rings. The third kappa shape index (κ3) is 6.18. The Kier molecular flexibility index (Phi) is 8.91. The molecule has 1 heterocycles. The van der Waals surface area contributed by atoms with Gasteiger partial charge in [0.2, 0.25) is 0 Å². The zero-order valence-electron chi connectivity index (χ0n) is 37.5. The molecule has 11 aromatic carbocycles. The number of para-hydroxylation sites is 2. The molecule has 0 saturated heterocycles. The summed E-state index contributed by atoms with van der Waals surface area (Å²) in [5.41, 5.74) is 19.3. The van der Waals surface area contributed by atoms with Gasteiger partial charge in [0, 0.05) is 33.1 Å². The highest BCUT2D eigenvalue weighted by molar-refractivity contribution is 6.16. The molecule has 0 fully saturated rings. The molecule has 0 unspecified atom stereocenters. The van der Waals surface area contributed by atoms with Gasteiger partial charge >= 0.3 is 0 Å². The topological polar surface area (TPSA) is 8.17 Å². The lowest BCUT2D eigenvalue weighted by molar-refractivity contribution is 0.656. The van der Waals surface area contributed by atoms with Crippen LogP contribution in [0.1, 0.15) is 25.0 Å². The van der Waals surface area contributed by atoms with Crippen molar-refractivity contribution in [2.24, 2.45) is 0 Å². The van der Waals surface area contributed by atoms with E-state index in [9.17, 15) is 0 Å². The van der Waals surface area contributed by atoms with E-state index in [1.54, 1.807) is 0 Å². The fourth-order valence-corrected chi connectivity index (χ4v) is 11.3. The zero-order valence-corrected chi connectivity index (χ0v) is 37.5. The predicted octanol–water partition coefficient (Wildman–Crippen LogP) is 17.9. The minimum Gasteiger partial charge on any atom is -0.310 e. The predicted molar refractivity (Wildman–Crippen MR) is 284 cm³/mol. The summed E-state index contributed by atoms with van der Waals surface area (Å²) in [5.74, 6) is 0. The van der Waals surface area contributed by atoms with E-state index in [1.807, 2.05) is 0 Å². The second-order valence-corrected chi connectivity index (χ2v) is 18.5. The third-order valence-corrected chi connectivity index (χ3v) is 14.3. The molecule has 0 radical (unpaired) electrons. The van der Waals surface area contributed by atoms with Crippen LogP contribution >= 0.6 is 0 Å². The summed E-state index contributed by atoms with van der Waals surface area (Å²) in [5, 5.41) is 7.57. The first-order valence-corrected chi connectivity index (χ1v) is 23.3. The van der Waals surface area contributed by atoms with E-state index in [1.165, 1.54) is 105 Å². The summed E-state index contributed by atoms with van der Waals surface area (Å²) >= 11 is 0. The first kappa shape index (κ1) is 39.0. The highest BCUT2D eigenvalue weighted by atomic mass is 15.1. The Labute approximate surface area is 391 Å². The van der Waals surface area contributed by atoms with Crippen LogP contribution in [0.5, 0.6) is 0 Å². The number of benzene rings is 11. The molecule has 13 rings (SSSR count). The molecule has 67 heavy (non-hydrogen) atoms. The van der Waals surface area contributed by atoms with Gasteiger partial charge in [-0.2, -0.15) is 0 Å². The van der Waals surface area contributed by atoms with Crippen molar-refractivity contribution >= 4 is 60.4 Å². The molecule has 1 aromatic heterocycles. The molecule has 0 spiro atoms. The van der Waals surface area contributed by atoms with Crippen molar-refractivity contribution in [2.45, 2.75) is 19.3 Å².